The minimum absolute atomic E-state index is 0.0221. The van der Waals surface area contributed by atoms with Gasteiger partial charge in [0.1, 0.15) is 23.8 Å². The van der Waals surface area contributed by atoms with Crippen LogP contribution in [-0.2, 0) is 0 Å². The van der Waals surface area contributed by atoms with Crippen LogP contribution in [0.5, 0.6) is 17.2 Å². The molecule has 2 heterocycles. The van der Waals surface area contributed by atoms with Gasteiger partial charge in [0.15, 0.2) is 23.0 Å². The first-order valence-corrected chi connectivity index (χ1v) is 12.1. The van der Waals surface area contributed by atoms with Crippen molar-refractivity contribution in [3.05, 3.63) is 71.0 Å². The maximum absolute atomic E-state index is 14.2. The number of aromatic nitrogens is 1. The number of carbonyl (C=O) groups is 2. The molecule has 8 nitrogen and oxygen atoms in total. The third-order valence-corrected chi connectivity index (χ3v) is 6.36. The van der Waals surface area contributed by atoms with Crippen molar-refractivity contribution in [2.45, 2.75) is 6.36 Å². The highest BCUT2D eigenvalue weighted by Gasteiger charge is 2.33. The van der Waals surface area contributed by atoms with E-state index in [1.807, 2.05) is 0 Å². The first kappa shape index (κ1) is 27.8. The third kappa shape index (κ3) is 6.44. The largest absolute Gasteiger partial charge is 0.573 e. The average Bonchev–Trinajstić information content (AvgIpc) is 3.35. The second-order valence-electron chi connectivity index (χ2n) is 7.90. The molecule has 204 valence electrons. The Morgan fingerprint density at radius 1 is 1.08 bits per heavy atom. The highest BCUT2D eigenvalue weighted by atomic mass is 32.1. The zero-order valence-corrected chi connectivity index (χ0v) is 21.0. The quantitative estimate of drug-likeness (QED) is 0.206. The van der Waals surface area contributed by atoms with Crippen LogP contribution >= 0.6 is 11.3 Å². The summed E-state index contributed by atoms with van der Waals surface area (Å²) in [7, 11) is 1.37. The first-order valence-electron chi connectivity index (χ1n) is 11.3. The van der Waals surface area contributed by atoms with Crippen LogP contribution < -0.4 is 19.5 Å². The van der Waals surface area contributed by atoms with Crippen molar-refractivity contribution in [3.8, 4) is 28.5 Å². The van der Waals surface area contributed by atoms with E-state index in [9.17, 15) is 27.2 Å². The zero-order chi connectivity index (χ0) is 28.2. The molecular weight excluding hydrogens is 544 g/mol. The van der Waals surface area contributed by atoms with Crippen LogP contribution in [0.4, 0.5) is 17.6 Å². The Bertz CT molecular complexity index is 1520. The Morgan fingerprint density at radius 3 is 2.56 bits per heavy atom. The molecule has 4 rings (SSSR count). The van der Waals surface area contributed by atoms with Crippen LogP contribution in [0.3, 0.4) is 0 Å². The fourth-order valence-corrected chi connectivity index (χ4v) is 4.60. The summed E-state index contributed by atoms with van der Waals surface area (Å²) in [6.45, 7) is -0.713. The number of nitrogens with one attached hydrogen (secondary N) is 1. The molecule has 0 unspecified atom stereocenters. The van der Waals surface area contributed by atoms with Gasteiger partial charge in [0, 0.05) is 21.9 Å². The number of amides is 1. The third-order valence-electron chi connectivity index (χ3n) is 5.36. The van der Waals surface area contributed by atoms with Crippen LogP contribution in [0.25, 0.3) is 21.3 Å². The fourth-order valence-electron chi connectivity index (χ4n) is 3.64. The lowest BCUT2D eigenvalue weighted by Crippen LogP contribution is -2.30. The molecule has 0 spiro atoms. The Kier molecular flexibility index (Phi) is 8.31. The number of thiophene rings is 1. The Balaban J connectivity index is 1.58. The van der Waals surface area contributed by atoms with Gasteiger partial charge >= 0.3 is 6.36 Å². The van der Waals surface area contributed by atoms with E-state index in [1.165, 1.54) is 48.9 Å². The number of aliphatic hydroxyl groups is 1. The number of ketones is 1. The highest BCUT2D eigenvalue weighted by molar-refractivity contribution is 7.17. The molecule has 39 heavy (non-hydrogen) atoms. The number of rotatable bonds is 10. The van der Waals surface area contributed by atoms with E-state index in [-0.39, 0.29) is 46.2 Å². The number of ether oxygens (including phenoxy) is 3. The van der Waals surface area contributed by atoms with Gasteiger partial charge in [-0.25, -0.2) is 9.37 Å². The minimum Gasteiger partial charge on any atom is -0.493 e. The Hall–Kier alpha value is -4.23. The van der Waals surface area contributed by atoms with Gasteiger partial charge in [-0.3, -0.25) is 9.59 Å². The molecule has 13 heteroatoms. The average molecular weight is 565 g/mol. The summed E-state index contributed by atoms with van der Waals surface area (Å²) in [6, 6.07) is 10.4. The van der Waals surface area contributed by atoms with Crippen molar-refractivity contribution >= 4 is 33.1 Å². The molecular formula is C26H20F4N2O6S. The summed E-state index contributed by atoms with van der Waals surface area (Å²) < 4.78 is 68.2. The summed E-state index contributed by atoms with van der Waals surface area (Å²) in [6.07, 6.45) is -5.03. The number of hydrogen-bond donors (Lipinski definition) is 2. The van der Waals surface area contributed by atoms with E-state index in [0.29, 0.717) is 11.1 Å². The van der Waals surface area contributed by atoms with Crippen molar-refractivity contribution < 1.29 is 46.5 Å². The normalized spacial score (nSPS) is 11.3. The van der Waals surface area contributed by atoms with Crippen LogP contribution in [0.1, 0.15) is 20.8 Å². The van der Waals surface area contributed by atoms with Gasteiger partial charge in [0.05, 0.1) is 25.0 Å². The second kappa shape index (κ2) is 11.7. The summed E-state index contributed by atoms with van der Waals surface area (Å²) in [4.78, 5) is 29.6. The van der Waals surface area contributed by atoms with Crippen LogP contribution in [0.15, 0.2) is 53.9 Å². The SMILES string of the molecule is COc1cc(C(=O)NCC(=O)c2ccc(OC(F)(F)F)c(-c3csc4c(F)cccc34)n2)ccc1OCCO. The molecule has 0 radical (unpaired) electrons. The van der Waals surface area contributed by atoms with E-state index in [4.69, 9.17) is 14.6 Å². The van der Waals surface area contributed by atoms with Crippen molar-refractivity contribution in [2.75, 3.05) is 26.9 Å². The van der Waals surface area contributed by atoms with Crippen molar-refractivity contribution in [2.24, 2.45) is 0 Å². The molecule has 0 saturated heterocycles. The fraction of sp³-hybridized carbons (Fsp3) is 0.192. The zero-order valence-electron chi connectivity index (χ0n) is 20.2. The topological polar surface area (TPSA) is 107 Å². The van der Waals surface area contributed by atoms with Gasteiger partial charge in [-0.05, 0) is 36.4 Å². The number of aliphatic hydroxyl groups excluding tert-OH is 1. The van der Waals surface area contributed by atoms with Crippen LogP contribution in [0.2, 0.25) is 0 Å². The van der Waals surface area contributed by atoms with E-state index in [2.05, 4.69) is 15.0 Å². The van der Waals surface area contributed by atoms with E-state index >= 15 is 0 Å². The van der Waals surface area contributed by atoms with Crippen molar-refractivity contribution in [3.63, 3.8) is 0 Å². The van der Waals surface area contributed by atoms with Gasteiger partial charge in [0.25, 0.3) is 5.91 Å². The molecule has 0 fully saturated rings. The van der Waals surface area contributed by atoms with Gasteiger partial charge in [-0.2, -0.15) is 0 Å². The summed E-state index contributed by atoms with van der Waals surface area (Å²) in [5, 5.41) is 13.1. The maximum atomic E-state index is 14.2. The first-order chi connectivity index (χ1) is 18.6. The molecule has 0 saturated carbocycles. The molecule has 0 bridgehead atoms. The monoisotopic (exact) mass is 564 g/mol. The standard InChI is InChI=1S/C26H20F4N2O6S/c1-36-22-11-14(5-7-20(22)37-10-9-33)25(35)31-12-19(34)18-6-8-21(38-26(28,29)30)23(32-18)16-13-39-24-15(16)3-2-4-17(24)27/h2-8,11,13,33H,9-10,12H2,1H3,(H,31,35). The van der Waals surface area contributed by atoms with Gasteiger partial charge < -0.3 is 24.6 Å². The number of fused-ring (bicyclic) bond motifs is 1. The Labute approximate surface area is 222 Å². The van der Waals surface area contributed by atoms with E-state index in [1.54, 1.807) is 0 Å². The lowest BCUT2D eigenvalue weighted by atomic mass is 10.1. The summed E-state index contributed by atoms with van der Waals surface area (Å²) in [5.74, 6) is -2.01. The molecule has 1 amide bonds. The molecule has 0 aliphatic rings. The van der Waals surface area contributed by atoms with Crippen LogP contribution in [-0.4, -0.2) is 55.0 Å². The molecule has 2 N–H and O–H groups in total. The molecule has 0 atom stereocenters. The predicted molar refractivity (Wildman–Crippen MR) is 134 cm³/mol. The lowest BCUT2D eigenvalue weighted by Gasteiger charge is -2.14. The van der Waals surface area contributed by atoms with Crippen molar-refractivity contribution in [1.29, 1.82) is 0 Å². The molecule has 0 aliphatic heterocycles. The molecule has 0 aliphatic carbocycles. The van der Waals surface area contributed by atoms with Gasteiger partial charge in [-0.15, -0.1) is 24.5 Å². The number of carbonyl (C=O) groups excluding carboxylic acids is 2. The maximum Gasteiger partial charge on any atom is 0.573 e. The Morgan fingerprint density at radius 2 is 1.85 bits per heavy atom. The molecule has 4 aromatic rings. The van der Waals surface area contributed by atoms with Crippen molar-refractivity contribution in [1.82, 2.24) is 10.3 Å². The number of nitrogens with zero attached hydrogens (tertiary/aromatic N) is 1. The van der Waals surface area contributed by atoms with Gasteiger partial charge in [0.2, 0.25) is 0 Å². The summed E-state index contributed by atoms with van der Waals surface area (Å²) in [5.41, 5.74) is -0.237. The number of halogens is 4. The number of benzene rings is 2. The number of methoxy groups -OCH3 is 1. The molecule has 2 aromatic heterocycles. The number of Topliss-reactive ketones (excluding diaryl/α,β-unsaturated/α-hetero) is 1. The minimum atomic E-state index is -5.03. The number of hydrogen-bond acceptors (Lipinski definition) is 8. The highest BCUT2D eigenvalue weighted by Crippen LogP contribution is 2.40. The molecule has 2 aromatic carbocycles. The lowest BCUT2D eigenvalue weighted by molar-refractivity contribution is -0.274. The van der Waals surface area contributed by atoms with E-state index < -0.39 is 36.2 Å². The van der Waals surface area contributed by atoms with Crippen LogP contribution in [0, 0.1) is 5.82 Å². The second-order valence-corrected chi connectivity index (χ2v) is 8.78. The smallest absolute Gasteiger partial charge is 0.493 e. The number of alkyl halides is 3. The van der Waals surface area contributed by atoms with Gasteiger partial charge in [-0.1, -0.05) is 12.1 Å². The van der Waals surface area contributed by atoms with E-state index in [0.717, 1.165) is 23.5 Å². The predicted octanol–water partition coefficient (Wildman–Crippen LogP) is 4.99. The number of pyridine rings is 1. The summed E-state index contributed by atoms with van der Waals surface area (Å²) >= 11 is 0.971.